The molecule has 1 unspecified atom stereocenters. The SMILES string of the molecule is CCc1cc(C(=O)N2CCCC(O)C2)ccc1OC. The molecule has 2 rings (SSSR count). The minimum Gasteiger partial charge on any atom is -0.496 e. The number of aliphatic hydroxyl groups excluding tert-OH is 1. The Kier molecular flexibility index (Phi) is 4.43. The van der Waals surface area contributed by atoms with Crippen LogP contribution in [0.2, 0.25) is 0 Å². The van der Waals surface area contributed by atoms with E-state index in [-0.39, 0.29) is 12.0 Å². The summed E-state index contributed by atoms with van der Waals surface area (Å²) in [6.07, 6.45) is 2.09. The van der Waals surface area contributed by atoms with E-state index in [0.29, 0.717) is 12.1 Å². The number of β-amino-alcohol motifs (C(OH)–C–C–N with tert-alkyl or cyclic N) is 1. The highest BCUT2D eigenvalue weighted by atomic mass is 16.5. The van der Waals surface area contributed by atoms with E-state index in [4.69, 9.17) is 4.74 Å². The number of rotatable bonds is 3. The van der Waals surface area contributed by atoms with Crippen molar-refractivity contribution in [2.24, 2.45) is 0 Å². The van der Waals surface area contributed by atoms with Crippen molar-refractivity contribution >= 4 is 5.91 Å². The zero-order valence-electron chi connectivity index (χ0n) is 11.6. The molecule has 1 N–H and O–H groups in total. The molecule has 1 saturated heterocycles. The molecule has 1 aliphatic rings. The number of aryl methyl sites for hydroxylation is 1. The molecule has 4 nitrogen and oxygen atoms in total. The molecule has 4 heteroatoms. The van der Waals surface area contributed by atoms with Gasteiger partial charge in [0.05, 0.1) is 13.2 Å². The van der Waals surface area contributed by atoms with Crippen LogP contribution in [-0.2, 0) is 6.42 Å². The van der Waals surface area contributed by atoms with E-state index in [9.17, 15) is 9.90 Å². The number of hydrogen-bond acceptors (Lipinski definition) is 3. The second-order valence-corrected chi connectivity index (χ2v) is 4.93. The van der Waals surface area contributed by atoms with E-state index in [2.05, 4.69) is 0 Å². The predicted molar refractivity (Wildman–Crippen MR) is 73.5 cm³/mol. The lowest BCUT2D eigenvalue weighted by atomic mass is 10.0. The van der Waals surface area contributed by atoms with Gasteiger partial charge in [0, 0.05) is 18.7 Å². The first-order chi connectivity index (χ1) is 9.15. The zero-order valence-corrected chi connectivity index (χ0v) is 11.6. The number of methoxy groups -OCH3 is 1. The molecule has 0 aromatic heterocycles. The van der Waals surface area contributed by atoms with Crippen LogP contribution in [0.15, 0.2) is 18.2 Å². The first kappa shape index (κ1) is 13.9. The van der Waals surface area contributed by atoms with E-state index in [1.165, 1.54) is 0 Å². The van der Waals surface area contributed by atoms with Gasteiger partial charge in [0.1, 0.15) is 5.75 Å². The van der Waals surface area contributed by atoms with Crippen LogP contribution in [0.5, 0.6) is 5.75 Å². The van der Waals surface area contributed by atoms with Crippen LogP contribution < -0.4 is 4.74 Å². The fourth-order valence-corrected chi connectivity index (χ4v) is 2.51. The largest absolute Gasteiger partial charge is 0.496 e. The number of amides is 1. The highest BCUT2D eigenvalue weighted by molar-refractivity contribution is 5.94. The van der Waals surface area contributed by atoms with Gasteiger partial charge in [0.2, 0.25) is 0 Å². The number of benzene rings is 1. The Morgan fingerprint density at radius 2 is 2.32 bits per heavy atom. The Morgan fingerprint density at radius 1 is 1.53 bits per heavy atom. The molecule has 0 saturated carbocycles. The van der Waals surface area contributed by atoms with Crippen molar-refractivity contribution in [3.8, 4) is 5.75 Å². The van der Waals surface area contributed by atoms with Gasteiger partial charge in [-0.2, -0.15) is 0 Å². The van der Waals surface area contributed by atoms with Gasteiger partial charge in [-0.05, 0) is 43.0 Å². The van der Waals surface area contributed by atoms with Crippen molar-refractivity contribution < 1.29 is 14.6 Å². The summed E-state index contributed by atoms with van der Waals surface area (Å²) < 4.78 is 5.27. The summed E-state index contributed by atoms with van der Waals surface area (Å²) in [7, 11) is 1.64. The first-order valence-corrected chi connectivity index (χ1v) is 6.80. The average molecular weight is 263 g/mol. The fourth-order valence-electron chi connectivity index (χ4n) is 2.51. The Hall–Kier alpha value is -1.55. The molecule has 104 valence electrons. The summed E-state index contributed by atoms with van der Waals surface area (Å²) in [5.74, 6) is 0.814. The monoisotopic (exact) mass is 263 g/mol. The summed E-state index contributed by atoms with van der Waals surface area (Å²) in [6, 6.07) is 5.52. The quantitative estimate of drug-likeness (QED) is 0.905. The number of carbonyl (C=O) groups is 1. The highest BCUT2D eigenvalue weighted by Crippen LogP contribution is 2.22. The molecule has 0 radical (unpaired) electrons. The van der Waals surface area contributed by atoms with Crippen molar-refractivity contribution in [1.82, 2.24) is 4.90 Å². The fraction of sp³-hybridized carbons (Fsp3) is 0.533. The molecule has 1 atom stereocenters. The Balaban J connectivity index is 2.19. The van der Waals surface area contributed by atoms with Crippen LogP contribution in [0.3, 0.4) is 0 Å². The second-order valence-electron chi connectivity index (χ2n) is 4.93. The minimum absolute atomic E-state index is 0.00361. The smallest absolute Gasteiger partial charge is 0.253 e. The number of likely N-dealkylation sites (tertiary alicyclic amines) is 1. The van der Waals surface area contributed by atoms with Crippen molar-refractivity contribution in [2.75, 3.05) is 20.2 Å². The molecular formula is C15H21NO3. The molecule has 1 fully saturated rings. The number of nitrogens with zero attached hydrogens (tertiary/aromatic N) is 1. The summed E-state index contributed by atoms with van der Waals surface area (Å²) in [6.45, 7) is 3.20. The number of carbonyl (C=O) groups excluding carboxylic acids is 1. The third-order valence-corrected chi connectivity index (χ3v) is 3.59. The molecule has 0 aliphatic carbocycles. The summed E-state index contributed by atoms with van der Waals surface area (Å²) in [5.41, 5.74) is 1.71. The van der Waals surface area contributed by atoms with Gasteiger partial charge in [-0.25, -0.2) is 0 Å². The number of hydrogen-bond donors (Lipinski definition) is 1. The lowest BCUT2D eigenvalue weighted by Crippen LogP contribution is -2.42. The van der Waals surface area contributed by atoms with E-state index in [1.807, 2.05) is 19.1 Å². The van der Waals surface area contributed by atoms with Gasteiger partial charge < -0.3 is 14.7 Å². The van der Waals surface area contributed by atoms with Crippen LogP contribution in [-0.4, -0.2) is 42.2 Å². The Labute approximate surface area is 114 Å². The molecule has 1 aromatic rings. The maximum Gasteiger partial charge on any atom is 0.253 e. The topological polar surface area (TPSA) is 49.8 Å². The third kappa shape index (κ3) is 3.07. The van der Waals surface area contributed by atoms with Gasteiger partial charge >= 0.3 is 0 Å². The van der Waals surface area contributed by atoms with E-state index in [1.54, 1.807) is 18.1 Å². The lowest BCUT2D eigenvalue weighted by Gasteiger charge is -2.30. The maximum absolute atomic E-state index is 12.4. The summed E-state index contributed by atoms with van der Waals surface area (Å²) >= 11 is 0. The molecule has 1 amide bonds. The molecule has 1 aromatic carbocycles. The standard InChI is InChI=1S/C15H21NO3/c1-3-11-9-12(6-7-14(11)19-2)15(18)16-8-4-5-13(17)10-16/h6-7,9,13,17H,3-5,8,10H2,1-2H3. The van der Waals surface area contributed by atoms with Gasteiger partial charge in [0.25, 0.3) is 5.91 Å². The van der Waals surface area contributed by atoms with Crippen molar-refractivity contribution in [3.05, 3.63) is 29.3 Å². The molecule has 0 spiro atoms. The highest BCUT2D eigenvalue weighted by Gasteiger charge is 2.23. The number of piperidine rings is 1. The first-order valence-electron chi connectivity index (χ1n) is 6.80. The van der Waals surface area contributed by atoms with Gasteiger partial charge in [0.15, 0.2) is 0 Å². The normalized spacial score (nSPS) is 19.3. The molecule has 0 bridgehead atoms. The van der Waals surface area contributed by atoms with E-state index < -0.39 is 0 Å². The molecule has 19 heavy (non-hydrogen) atoms. The van der Waals surface area contributed by atoms with Crippen LogP contribution in [0.1, 0.15) is 35.7 Å². The molecule has 1 heterocycles. The van der Waals surface area contributed by atoms with Crippen molar-refractivity contribution in [2.45, 2.75) is 32.3 Å². The van der Waals surface area contributed by atoms with Gasteiger partial charge in [-0.15, -0.1) is 0 Å². The van der Waals surface area contributed by atoms with Gasteiger partial charge in [-0.3, -0.25) is 4.79 Å². The zero-order chi connectivity index (χ0) is 13.8. The van der Waals surface area contributed by atoms with Crippen LogP contribution in [0.25, 0.3) is 0 Å². The van der Waals surface area contributed by atoms with Crippen LogP contribution in [0, 0.1) is 0 Å². The third-order valence-electron chi connectivity index (χ3n) is 3.59. The Morgan fingerprint density at radius 3 is 2.95 bits per heavy atom. The van der Waals surface area contributed by atoms with Crippen LogP contribution >= 0.6 is 0 Å². The molecule has 1 aliphatic heterocycles. The second kappa shape index (κ2) is 6.06. The van der Waals surface area contributed by atoms with E-state index >= 15 is 0 Å². The van der Waals surface area contributed by atoms with E-state index in [0.717, 1.165) is 37.1 Å². The lowest BCUT2D eigenvalue weighted by molar-refractivity contribution is 0.0473. The van der Waals surface area contributed by atoms with Crippen molar-refractivity contribution in [1.29, 1.82) is 0 Å². The Bertz CT molecular complexity index is 459. The summed E-state index contributed by atoms with van der Waals surface area (Å²) in [4.78, 5) is 14.1. The van der Waals surface area contributed by atoms with Crippen molar-refractivity contribution in [3.63, 3.8) is 0 Å². The predicted octanol–water partition coefficient (Wildman–Crippen LogP) is 1.85. The maximum atomic E-state index is 12.4. The number of ether oxygens (including phenoxy) is 1. The molecular weight excluding hydrogens is 242 g/mol. The van der Waals surface area contributed by atoms with Gasteiger partial charge in [-0.1, -0.05) is 6.92 Å². The number of aliphatic hydroxyl groups is 1. The van der Waals surface area contributed by atoms with Crippen LogP contribution in [0.4, 0.5) is 0 Å². The summed E-state index contributed by atoms with van der Waals surface area (Å²) in [5, 5.41) is 9.64. The minimum atomic E-state index is -0.387. The average Bonchev–Trinajstić information content (AvgIpc) is 2.45.